The molecule has 0 saturated carbocycles. The highest BCUT2D eigenvalue weighted by atomic mass is 35.5. The number of hydrogen-bond acceptors (Lipinski definition) is 2. The van der Waals surface area contributed by atoms with Gasteiger partial charge in [0, 0.05) is 29.7 Å². The summed E-state index contributed by atoms with van der Waals surface area (Å²) in [6, 6.07) is 7.36. The first-order chi connectivity index (χ1) is 8.70. The number of nitrogens with one attached hydrogen (secondary N) is 1. The minimum absolute atomic E-state index is 0.0131. The number of amides is 1. The zero-order chi connectivity index (χ0) is 12.5. The van der Waals surface area contributed by atoms with Crippen molar-refractivity contribution in [3.05, 3.63) is 34.9 Å². The highest BCUT2D eigenvalue weighted by molar-refractivity contribution is 6.30. The van der Waals surface area contributed by atoms with E-state index >= 15 is 0 Å². The maximum Gasteiger partial charge on any atom is 0.251 e. The number of hydrogen-bond donors (Lipinski definition) is 1. The average molecular weight is 265 g/mol. The Kier molecular flexibility index (Phi) is 3.27. The molecule has 0 aliphatic carbocycles. The van der Waals surface area contributed by atoms with Gasteiger partial charge in [-0.15, -0.1) is 0 Å². The smallest absolute Gasteiger partial charge is 0.251 e. The molecule has 1 aromatic rings. The summed E-state index contributed by atoms with van der Waals surface area (Å²) in [5, 5.41) is 3.79. The summed E-state index contributed by atoms with van der Waals surface area (Å²) in [7, 11) is 0. The lowest BCUT2D eigenvalue weighted by Gasteiger charge is -2.30. The summed E-state index contributed by atoms with van der Waals surface area (Å²) < 4.78 is 0. The van der Waals surface area contributed by atoms with Crippen LogP contribution >= 0.6 is 11.6 Å². The molecule has 1 N–H and O–H groups in total. The standard InChI is InChI=1S/C14H17ClN2O/c15-12-3-1-11(2-4-12)14(18)16-13-7-10-5-6-17(8-10)9-13/h1-4,10,13H,5-9H2,(H,16,18)/t10-,13-/m1/s1. The van der Waals surface area contributed by atoms with E-state index in [0.29, 0.717) is 16.6 Å². The molecule has 0 aromatic heterocycles. The van der Waals surface area contributed by atoms with Crippen LogP contribution in [-0.2, 0) is 0 Å². The van der Waals surface area contributed by atoms with Gasteiger partial charge >= 0.3 is 0 Å². The zero-order valence-corrected chi connectivity index (χ0v) is 11.0. The van der Waals surface area contributed by atoms with Crippen LogP contribution in [0.1, 0.15) is 23.2 Å². The monoisotopic (exact) mass is 264 g/mol. The summed E-state index contributed by atoms with van der Waals surface area (Å²) in [5.41, 5.74) is 0.687. The van der Waals surface area contributed by atoms with Crippen LogP contribution in [0.3, 0.4) is 0 Å². The molecular formula is C14H17ClN2O. The molecule has 2 bridgehead atoms. The van der Waals surface area contributed by atoms with E-state index < -0.39 is 0 Å². The van der Waals surface area contributed by atoms with Crippen LogP contribution in [0.5, 0.6) is 0 Å². The topological polar surface area (TPSA) is 32.3 Å². The van der Waals surface area contributed by atoms with Gasteiger partial charge in [0.1, 0.15) is 0 Å². The van der Waals surface area contributed by atoms with Gasteiger partial charge in [-0.2, -0.15) is 0 Å². The number of carbonyl (C=O) groups excluding carboxylic acids is 1. The Bertz CT molecular complexity index is 434. The summed E-state index contributed by atoms with van der Waals surface area (Å²) in [5.74, 6) is 0.786. The van der Waals surface area contributed by atoms with Crippen molar-refractivity contribution in [2.75, 3.05) is 19.6 Å². The van der Waals surface area contributed by atoms with Gasteiger partial charge < -0.3 is 10.2 Å². The molecule has 3 atom stereocenters. The molecule has 2 fully saturated rings. The van der Waals surface area contributed by atoms with Crippen molar-refractivity contribution in [2.45, 2.75) is 18.9 Å². The highest BCUT2D eigenvalue weighted by Gasteiger charge is 2.32. The number of benzene rings is 1. The normalized spacial score (nSPS) is 30.2. The second-order valence-corrected chi connectivity index (χ2v) is 5.76. The highest BCUT2D eigenvalue weighted by Crippen LogP contribution is 2.26. The third-order valence-corrected chi connectivity index (χ3v) is 4.16. The fourth-order valence-electron chi connectivity index (χ4n) is 3.03. The number of rotatable bonds is 2. The van der Waals surface area contributed by atoms with Crippen molar-refractivity contribution in [3.8, 4) is 0 Å². The van der Waals surface area contributed by atoms with E-state index in [0.717, 1.165) is 18.9 Å². The Morgan fingerprint density at radius 1 is 1.28 bits per heavy atom. The molecule has 3 rings (SSSR count). The number of halogens is 1. The summed E-state index contributed by atoms with van der Waals surface area (Å²) >= 11 is 5.82. The maximum absolute atomic E-state index is 12.1. The molecule has 0 radical (unpaired) electrons. The van der Waals surface area contributed by atoms with Gasteiger partial charge in [-0.3, -0.25) is 4.79 Å². The minimum Gasteiger partial charge on any atom is -0.348 e. The van der Waals surface area contributed by atoms with Crippen molar-refractivity contribution >= 4 is 17.5 Å². The molecule has 2 saturated heterocycles. The lowest BCUT2D eigenvalue weighted by atomic mass is 9.96. The molecule has 1 unspecified atom stereocenters. The quantitative estimate of drug-likeness (QED) is 0.888. The molecule has 96 valence electrons. The lowest BCUT2D eigenvalue weighted by Crippen LogP contribution is -2.46. The number of carbonyl (C=O) groups is 1. The summed E-state index contributed by atoms with van der Waals surface area (Å²) in [4.78, 5) is 14.5. The van der Waals surface area contributed by atoms with Gasteiger partial charge in [0.15, 0.2) is 0 Å². The fourth-order valence-corrected chi connectivity index (χ4v) is 3.16. The van der Waals surface area contributed by atoms with Crippen molar-refractivity contribution in [1.82, 2.24) is 10.2 Å². The van der Waals surface area contributed by atoms with Crippen molar-refractivity contribution in [3.63, 3.8) is 0 Å². The van der Waals surface area contributed by atoms with E-state index in [1.54, 1.807) is 24.3 Å². The van der Waals surface area contributed by atoms with Crippen molar-refractivity contribution in [1.29, 1.82) is 0 Å². The van der Waals surface area contributed by atoms with Crippen molar-refractivity contribution < 1.29 is 4.79 Å². The molecule has 3 nitrogen and oxygen atoms in total. The predicted molar refractivity (Wildman–Crippen MR) is 71.9 cm³/mol. The summed E-state index contributed by atoms with van der Waals surface area (Å²) in [6.45, 7) is 3.40. The number of nitrogens with zero attached hydrogens (tertiary/aromatic N) is 1. The molecular weight excluding hydrogens is 248 g/mol. The van der Waals surface area contributed by atoms with Gasteiger partial charge in [-0.1, -0.05) is 11.6 Å². The fraction of sp³-hybridized carbons (Fsp3) is 0.500. The number of fused-ring (bicyclic) bond motifs is 2. The Morgan fingerprint density at radius 2 is 2.06 bits per heavy atom. The van der Waals surface area contributed by atoms with E-state index in [4.69, 9.17) is 11.6 Å². The molecule has 1 aromatic carbocycles. The van der Waals surface area contributed by atoms with E-state index in [1.165, 1.54) is 19.5 Å². The number of piperidine rings is 1. The summed E-state index contributed by atoms with van der Waals surface area (Å²) in [6.07, 6.45) is 2.41. The lowest BCUT2D eigenvalue weighted by molar-refractivity contribution is 0.0909. The van der Waals surface area contributed by atoms with Gasteiger partial charge in [0.05, 0.1) is 0 Å². The predicted octanol–water partition coefficient (Wildman–Crippen LogP) is 2.16. The molecule has 2 aliphatic heterocycles. The average Bonchev–Trinajstić information content (AvgIpc) is 2.69. The molecule has 0 spiro atoms. The van der Waals surface area contributed by atoms with Crippen LogP contribution in [0, 0.1) is 5.92 Å². The Morgan fingerprint density at radius 3 is 2.78 bits per heavy atom. The molecule has 18 heavy (non-hydrogen) atoms. The van der Waals surface area contributed by atoms with Crippen molar-refractivity contribution in [2.24, 2.45) is 5.92 Å². The molecule has 2 heterocycles. The zero-order valence-electron chi connectivity index (χ0n) is 10.2. The SMILES string of the molecule is O=C(N[C@@H]1C[C@H]2CCN(C2)C1)c1ccc(Cl)cc1. The maximum atomic E-state index is 12.1. The second kappa shape index (κ2) is 4.90. The first-order valence-corrected chi connectivity index (χ1v) is 6.87. The first-order valence-electron chi connectivity index (χ1n) is 6.49. The molecule has 1 amide bonds. The Hall–Kier alpha value is -1.06. The molecule has 2 aliphatic rings. The van der Waals surface area contributed by atoms with Gasteiger partial charge in [-0.25, -0.2) is 0 Å². The Labute approximate surface area is 112 Å². The third-order valence-electron chi connectivity index (χ3n) is 3.91. The minimum atomic E-state index is 0.0131. The molecule has 4 heteroatoms. The van der Waals surface area contributed by atoms with E-state index in [1.807, 2.05) is 0 Å². The van der Waals surface area contributed by atoms with Crippen LogP contribution in [0.2, 0.25) is 5.02 Å². The Balaban J connectivity index is 1.62. The van der Waals surface area contributed by atoms with Gasteiger partial charge in [0.2, 0.25) is 0 Å². The van der Waals surface area contributed by atoms with E-state index in [-0.39, 0.29) is 5.91 Å². The van der Waals surface area contributed by atoms with Crippen LogP contribution in [-0.4, -0.2) is 36.5 Å². The third kappa shape index (κ3) is 2.52. The van der Waals surface area contributed by atoms with Gasteiger partial charge in [-0.05, 0) is 49.6 Å². The first kappa shape index (κ1) is 12.0. The van der Waals surface area contributed by atoms with Crippen LogP contribution in [0.15, 0.2) is 24.3 Å². The second-order valence-electron chi connectivity index (χ2n) is 5.33. The van der Waals surface area contributed by atoms with Crippen LogP contribution in [0.25, 0.3) is 0 Å². The van der Waals surface area contributed by atoms with Gasteiger partial charge in [0.25, 0.3) is 5.91 Å². The van der Waals surface area contributed by atoms with E-state index in [9.17, 15) is 4.79 Å². The van der Waals surface area contributed by atoms with Crippen LogP contribution in [0.4, 0.5) is 0 Å². The largest absolute Gasteiger partial charge is 0.348 e. The van der Waals surface area contributed by atoms with Crippen LogP contribution < -0.4 is 5.32 Å². The van der Waals surface area contributed by atoms with E-state index in [2.05, 4.69) is 10.2 Å².